The van der Waals surface area contributed by atoms with Crippen LogP contribution in [0, 0.1) is 6.92 Å². The van der Waals surface area contributed by atoms with E-state index in [1.165, 1.54) is 0 Å². The maximum Gasteiger partial charge on any atom is 0.223 e. The molecule has 0 radical (unpaired) electrons. The summed E-state index contributed by atoms with van der Waals surface area (Å²) in [4.78, 5) is 17.6. The van der Waals surface area contributed by atoms with Crippen molar-refractivity contribution in [2.75, 3.05) is 5.32 Å². The second-order valence-corrected chi connectivity index (χ2v) is 6.30. The Labute approximate surface area is 168 Å². The number of nitrogens with one attached hydrogen (secondary N) is 1. The molecule has 0 amide bonds. The predicted octanol–water partition coefficient (Wildman–Crippen LogP) is 4.12. The molecule has 0 atom stereocenters. The fourth-order valence-electron chi connectivity index (χ4n) is 2.68. The van der Waals surface area contributed by atoms with Crippen LogP contribution in [-0.2, 0) is 13.0 Å². The largest absolute Gasteiger partial charge is 0.485 e. The molecule has 0 unspecified atom stereocenters. The minimum absolute atomic E-state index is 0.253. The molecule has 0 fully saturated rings. The quantitative estimate of drug-likeness (QED) is 0.505. The third kappa shape index (κ3) is 4.73. The molecule has 3 aromatic heterocycles. The van der Waals surface area contributed by atoms with E-state index in [0.29, 0.717) is 29.1 Å². The number of aromatic nitrogens is 5. The molecule has 1 N–H and O–H groups in total. The third-order valence-electron chi connectivity index (χ3n) is 4.10. The maximum absolute atomic E-state index is 5.68. The zero-order valence-electron chi connectivity index (χ0n) is 16.2. The molecule has 0 aliphatic heterocycles. The van der Waals surface area contributed by atoms with Crippen molar-refractivity contribution in [3.8, 4) is 17.3 Å². The summed E-state index contributed by atoms with van der Waals surface area (Å²) >= 11 is 0. The van der Waals surface area contributed by atoms with Crippen molar-refractivity contribution in [3.63, 3.8) is 0 Å². The molecular formula is C21H20N6O2. The highest BCUT2D eigenvalue weighted by Gasteiger charge is 2.08. The van der Waals surface area contributed by atoms with Gasteiger partial charge in [0.25, 0.3) is 0 Å². The van der Waals surface area contributed by atoms with Gasteiger partial charge in [-0.25, -0.2) is 9.97 Å². The Kier molecular flexibility index (Phi) is 5.42. The minimum Gasteiger partial charge on any atom is -0.485 e. The van der Waals surface area contributed by atoms with Gasteiger partial charge in [-0.05, 0) is 42.8 Å². The number of aryl methyl sites for hydroxylation is 2. The Bertz CT molecular complexity index is 1080. The van der Waals surface area contributed by atoms with E-state index >= 15 is 0 Å². The van der Waals surface area contributed by atoms with Crippen molar-refractivity contribution in [3.05, 3.63) is 72.1 Å². The lowest BCUT2D eigenvalue weighted by Crippen LogP contribution is -2.01. The molecule has 0 aliphatic carbocycles. The van der Waals surface area contributed by atoms with E-state index in [9.17, 15) is 0 Å². The lowest BCUT2D eigenvalue weighted by Gasteiger charge is -2.10. The van der Waals surface area contributed by atoms with E-state index in [1.807, 2.05) is 48.5 Å². The minimum atomic E-state index is 0.253. The van der Waals surface area contributed by atoms with Crippen LogP contribution >= 0.6 is 0 Å². The third-order valence-corrected chi connectivity index (χ3v) is 4.10. The second-order valence-electron chi connectivity index (χ2n) is 6.30. The van der Waals surface area contributed by atoms with Crippen LogP contribution in [0.2, 0.25) is 0 Å². The van der Waals surface area contributed by atoms with E-state index in [4.69, 9.17) is 9.26 Å². The van der Waals surface area contributed by atoms with Crippen LogP contribution in [0.1, 0.15) is 24.3 Å². The zero-order valence-corrected chi connectivity index (χ0v) is 16.2. The van der Waals surface area contributed by atoms with Crippen LogP contribution in [0.3, 0.4) is 0 Å². The Balaban J connectivity index is 1.47. The molecule has 8 heteroatoms. The van der Waals surface area contributed by atoms with E-state index < -0.39 is 0 Å². The van der Waals surface area contributed by atoms with E-state index in [2.05, 4.69) is 37.3 Å². The van der Waals surface area contributed by atoms with Crippen LogP contribution in [0.25, 0.3) is 11.5 Å². The number of nitrogens with zero attached hydrogens (tertiary/aromatic N) is 5. The molecule has 8 nitrogen and oxygen atoms in total. The molecule has 0 bridgehead atoms. The van der Waals surface area contributed by atoms with E-state index in [0.717, 1.165) is 23.5 Å². The lowest BCUT2D eigenvalue weighted by molar-refractivity contribution is 0.286. The van der Waals surface area contributed by atoms with Gasteiger partial charge in [0.05, 0.1) is 0 Å². The van der Waals surface area contributed by atoms with Gasteiger partial charge < -0.3 is 14.6 Å². The Morgan fingerprint density at radius 2 is 1.90 bits per heavy atom. The maximum atomic E-state index is 5.68. The molecule has 4 aromatic rings. The summed E-state index contributed by atoms with van der Waals surface area (Å²) in [5.41, 5.74) is 2.57. The normalized spacial score (nSPS) is 10.7. The average Bonchev–Trinajstić information content (AvgIpc) is 3.19. The summed E-state index contributed by atoms with van der Waals surface area (Å²) in [6.07, 6.45) is 2.54. The van der Waals surface area contributed by atoms with Crippen molar-refractivity contribution in [1.82, 2.24) is 25.1 Å². The summed E-state index contributed by atoms with van der Waals surface area (Å²) < 4.78 is 10.6. The van der Waals surface area contributed by atoms with Gasteiger partial charge in [-0.3, -0.25) is 4.98 Å². The first-order valence-corrected chi connectivity index (χ1v) is 9.28. The summed E-state index contributed by atoms with van der Waals surface area (Å²) in [6, 6.07) is 15.2. The molecule has 0 saturated heterocycles. The van der Waals surface area contributed by atoms with Crippen molar-refractivity contribution >= 4 is 11.5 Å². The summed E-state index contributed by atoms with van der Waals surface area (Å²) in [5.74, 6) is 3.06. The molecule has 0 spiro atoms. The van der Waals surface area contributed by atoms with Gasteiger partial charge in [-0.1, -0.05) is 18.1 Å². The topological polar surface area (TPSA) is 98.8 Å². The van der Waals surface area contributed by atoms with Gasteiger partial charge in [0, 0.05) is 30.6 Å². The molecule has 3 heterocycles. The van der Waals surface area contributed by atoms with Gasteiger partial charge in [-0.2, -0.15) is 4.98 Å². The first kappa shape index (κ1) is 18.5. The molecule has 0 saturated carbocycles. The highest BCUT2D eigenvalue weighted by molar-refractivity contribution is 5.60. The molecular weight excluding hydrogens is 368 g/mol. The number of pyridine rings is 1. The van der Waals surface area contributed by atoms with Crippen LogP contribution in [-0.4, -0.2) is 25.1 Å². The number of rotatable bonds is 7. The molecule has 0 aliphatic rings. The molecule has 29 heavy (non-hydrogen) atoms. The van der Waals surface area contributed by atoms with Crippen molar-refractivity contribution < 1.29 is 9.26 Å². The standard InChI is InChI=1S/C21H20N6O2/c1-3-15-12-19(26-21(25-15)18-6-4-5-11-22-18)24-16-7-9-17(10-8-16)28-13-20-23-14(2)29-27-20/h4-12H,3,13H2,1-2H3,(H,24,25,26). The first-order valence-electron chi connectivity index (χ1n) is 9.28. The number of hydrogen-bond donors (Lipinski definition) is 1. The van der Waals surface area contributed by atoms with E-state index in [-0.39, 0.29) is 6.61 Å². The number of hydrogen-bond acceptors (Lipinski definition) is 8. The van der Waals surface area contributed by atoms with Gasteiger partial charge in [0.1, 0.15) is 17.3 Å². The summed E-state index contributed by atoms with van der Waals surface area (Å²) in [6.45, 7) is 4.06. The molecule has 146 valence electrons. The van der Waals surface area contributed by atoms with Crippen molar-refractivity contribution in [1.29, 1.82) is 0 Å². The van der Waals surface area contributed by atoms with Gasteiger partial charge >= 0.3 is 0 Å². The monoisotopic (exact) mass is 388 g/mol. The average molecular weight is 388 g/mol. The van der Waals surface area contributed by atoms with Crippen LogP contribution in [0.4, 0.5) is 11.5 Å². The highest BCUT2D eigenvalue weighted by Crippen LogP contribution is 2.22. The Morgan fingerprint density at radius 1 is 1.03 bits per heavy atom. The SMILES string of the molecule is CCc1cc(Nc2ccc(OCc3noc(C)n3)cc2)nc(-c2ccccn2)n1. The molecule has 4 rings (SSSR count). The van der Waals surface area contributed by atoms with Gasteiger partial charge in [0.2, 0.25) is 11.7 Å². The first-order chi connectivity index (χ1) is 14.2. The van der Waals surface area contributed by atoms with Crippen molar-refractivity contribution in [2.45, 2.75) is 26.9 Å². The van der Waals surface area contributed by atoms with E-state index in [1.54, 1.807) is 13.1 Å². The summed E-state index contributed by atoms with van der Waals surface area (Å²) in [7, 11) is 0. The number of ether oxygens (including phenoxy) is 1. The Morgan fingerprint density at radius 3 is 2.59 bits per heavy atom. The molecule has 1 aromatic carbocycles. The Hall–Kier alpha value is -3.81. The van der Waals surface area contributed by atoms with Crippen LogP contribution in [0.15, 0.2) is 59.3 Å². The summed E-state index contributed by atoms with van der Waals surface area (Å²) in [5, 5.41) is 7.13. The van der Waals surface area contributed by atoms with Crippen LogP contribution < -0.4 is 10.1 Å². The van der Waals surface area contributed by atoms with Crippen LogP contribution in [0.5, 0.6) is 5.75 Å². The second kappa shape index (κ2) is 8.47. The smallest absolute Gasteiger partial charge is 0.223 e. The van der Waals surface area contributed by atoms with Gasteiger partial charge in [0.15, 0.2) is 12.4 Å². The highest BCUT2D eigenvalue weighted by atomic mass is 16.5. The fourth-order valence-corrected chi connectivity index (χ4v) is 2.68. The zero-order chi connectivity index (χ0) is 20.1. The lowest BCUT2D eigenvalue weighted by atomic mass is 10.2. The number of anilines is 2. The van der Waals surface area contributed by atoms with Gasteiger partial charge in [-0.15, -0.1) is 0 Å². The predicted molar refractivity (Wildman–Crippen MR) is 108 cm³/mol. The van der Waals surface area contributed by atoms with Crippen molar-refractivity contribution in [2.24, 2.45) is 0 Å². The number of benzene rings is 1. The fraction of sp³-hybridized carbons (Fsp3) is 0.190.